The number of thiophene rings is 1. The van der Waals surface area contributed by atoms with Gasteiger partial charge < -0.3 is 9.31 Å². The Morgan fingerprint density at radius 3 is 2.33 bits per heavy atom. The lowest BCUT2D eigenvalue weighted by Crippen LogP contribution is -2.41. The second kappa shape index (κ2) is 4.90. The maximum Gasteiger partial charge on any atom is 0.514 e. The Labute approximate surface area is 129 Å². The number of rotatable bonds is 2. The highest BCUT2D eigenvalue weighted by molar-refractivity contribution is 7.08. The molecule has 110 valence electrons. The summed E-state index contributed by atoms with van der Waals surface area (Å²) in [5, 5.41) is 4.07. The third-order valence-electron chi connectivity index (χ3n) is 4.15. The van der Waals surface area contributed by atoms with Gasteiger partial charge in [0.2, 0.25) is 0 Å². The van der Waals surface area contributed by atoms with E-state index in [0.717, 1.165) is 22.7 Å². The van der Waals surface area contributed by atoms with Crippen molar-refractivity contribution in [2.24, 2.45) is 0 Å². The third-order valence-corrected chi connectivity index (χ3v) is 4.83. The van der Waals surface area contributed by atoms with E-state index in [2.05, 4.69) is 9.97 Å². The van der Waals surface area contributed by atoms with Crippen molar-refractivity contribution in [3.8, 4) is 11.4 Å². The van der Waals surface area contributed by atoms with E-state index < -0.39 is 7.12 Å². The van der Waals surface area contributed by atoms with Crippen molar-refractivity contribution in [3.05, 3.63) is 28.6 Å². The van der Waals surface area contributed by atoms with Crippen LogP contribution in [0.4, 0.5) is 0 Å². The van der Waals surface area contributed by atoms with E-state index in [1.807, 2.05) is 57.5 Å². The molecular formula is C15H19BN2O2S. The van der Waals surface area contributed by atoms with Crippen LogP contribution in [0.25, 0.3) is 11.4 Å². The molecule has 3 heterocycles. The highest BCUT2D eigenvalue weighted by atomic mass is 32.1. The van der Waals surface area contributed by atoms with Gasteiger partial charge in [-0.3, -0.25) is 0 Å². The van der Waals surface area contributed by atoms with Crippen LogP contribution in [0.1, 0.15) is 33.4 Å². The van der Waals surface area contributed by atoms with Crippen LogP contribution in [0.5, 0.6) is 0 Å². The van der Waals surface area contributed by atoms with Crippen LogP contribution in [0, 0.1) is 6.92 Å². The zero-order valence-corrected chi connectivity index (χ0v) is 13.8. The molecule has 0 amide bonds. The van der Waals surface area contributed by atoms with Crippen LogP contribution in [-0.2, 0) is 9.31 Å². The van der Waals surface area contributed by atoms with E-state index in [0.29, 0.717) is 0 Å². The van der Waals surface area contributed by atoms with Crippen LogP contribution in [0.2, 0.25) is 0 Å². The monoisotopic (exact) mass is 302 g/mol. The first-order valence-corrected chi connectivity index (χ1v) is 7.97. The molecule has 4 nitrogen and oxygen atoms in total. The van der Waals surface area contributed by atoms with Gasteiger partial charge in [0.25, 0.3) is 0 Å². The van der Waals surface area contributed by atoms with Crippen LogP contribution >= 0.6 is 11.3 Å². The highest BCUT2D eigenvalue weighted by Gasteiger charge is 2.52. The number of aryl methyl sites for hydroxylation is 1. The van der Waals surface area contributed by atoms with Crippen molar-refractivity contribution < 1.29 is 9.31 Å². The molecule has 3 rings (SSSR count). The number of aromatic nitrogens is 2. The Balaban J connectivity index is 1.97. The topological polar surface area (TPSA) is 44.2 Å². The summed E-state index contributed by atoms with van der Waals surface area (Å²) >= 11 is 1.64. The first-order valence-electron chi connectivity index (χ1n) is 7.02. The van der Waals surface area contributed by atoms with E-state index in [9.17, 15) is 0 Å². The molecule has 2 aromatic rings. The molecule has 6 heteroatoms. The van der Waals surface area contributed by atoms with Crippen LogP contribution in [0.15, 0.2) is 22.9 Å². The van der Waals surface area contributed by atoms with Crippen molar-refractivity contribution >= 4 is 24.0 Å². The van der Waals surface area contributed by atoms with Crippen LogP contribution < -0.4 is 5.59 Å². The van der Waals surface area contributed by atoms with Gasteiger partial charge in [0.05, 0.1) is 16.8 Å². The second-order valence-corrected chi connectivity index (χ2v) is 7.14. The summed E-state index contributed by atoms with van der Waals surface area (Å²) in [5.41, 5.74) is 2.00. The van der Waals surface area contributed by atoms with E-state index in [1.54, 1.807) is 11.3 Å². The Morgan fingerprint density at radius 1 is 1.10 bits per heavy atom. The summed E-state index contributed by atoms with van der Waals surface area (Å²) < 4.78 is 12.1. The predicted octanol–water partition coefficient (Wildman–Crippen LogP) is 2.81. The molecule has 2 aromatic heterocycles. The van der Waals surface area contributed by atoms with Gasteiger partial charge in [0.1, 0.15) is 0 Å². The summed E-state index contributed by atoms with van der Waals surface area (Å²) in [6, 6.07) is 3.95. The molecule has 0 radical (unpaired) electrons. The van der Waals surface area contributed by atoms with Gasteiger partial charge in [-0.15, -0.1) is 0 Å². The highest BCUT2D eigenvalue weighted by Crippen LogP contribution is 2.36. The molecule has 0 N–H and O–H groups in total. The van der Waals surface area contributed by atoms with Crippen LogP contribution in [0.3, 0.4) is 0 Å². The fourth-order valence-electron chi connectivity index (χ4n) is 2.20. The summed E-state index contributed by atoms with van der Waals surface area (Å²) in [4.78, 5) is 9.14. The summed E-state index contributed by atoms with van der Waals surface area (Å²) in [7, 11) is -0.450. The first kappa shape index (κ1) is 14.7. The lowest BCUT2D eigenvalue weighted by Gasteiger charge is -2.32. The van der Waals surface area contributed by atoms with Gasteiger partial charge in [-0.25, -0.2) is 9.97 Å². The van der Waals surface area contributed by atoms with Crippen molar-refractivity contribution in [1.29, 1.82) is 0 Å². The molecular weight excluding hydrogens is 283 g/mol. The maximum absolute atomic E-state index is 6.07. The molecule has 0 spiro atoms. The molecule has 1 aliphatic rings. The van der Waals surface area contributed by atoms with Gasteiger partial charge in [0, 0.05) is 16.6 Å². The minimum absolute atomic E-state index is 0.362. The standard InChI is InChI=1S/C15H19BN2O2S/c1-10-8-12(16-19-14(2,3)15(4,5)20-16)18-13(17-10)11-6-7-21-9-11/h6-9H,1-5H3. The molecule has 0 aliphatic carbocycles. The summed E-state index contributed by atoms with van der Waals surface area (Å²) in [6.07, 6.45) is 0. The van der Waals surface area contributed by atoms with E-state index in [1.165, 1.54) is 0 Å². The molecule has 0 atom stereocenters. The Bertz CT molecular complexity index is 640. The Hall–Kier alpha value is -1.24. The summed E-state index contributed by atoms with van der Waals surface area (Å²) in [6.45, 7) is 10.1. The van der Waals surface area contributed by atoms with Crippen molar-refractivity contribution in [3.63, 3.8) is 0 Å². The predicted molar refractivity (Wildman–Crippen MR) is 85.8 cm³/mol. The SMILES string of the molecule is Cc1cc(B2OC(C)(C)C(C)(C)O2)nc(-c2ccsc2)n1. The van der Waals surface area contributed by atoms with Gasteiger partial charge in [-0.1, -0.05) is 0 Å². The van der Waals surface area contributed by atoms with Gasteiger partial charge in [-0.05, 0) is 52.1 Å². The molecule has 1 aliphatic heterocycles. The Morgan fingerprint density at radius 2 is 1.76 bits per heavy atom. The van der Waals surface area contributed by atoms with Gasteiger partial charge in [0.15, 0.2) is 5.82 Å². The molecule has 1 saturated heterocycles. The van der Waals surface area contributed by atoms with Gasteiger partial charge in [-0.2, -0.15) is 11.3 Å². The zero-order valence-electron chi connectivity index (χ0n) is 13.0. The summed E-state index contributed by atoms with van der Waals surface area (Å²) in [5.74, 6) is 0.723. The normalized spacial score (nSPS) is 20.0. The molecule has 0 saturated carbocycles. The lowest BCUT2D eigenvalue weighted by atomic mass is 9.84. The minimum Gasteiger partial charge on any atom is -0.398 e. The molecule has 1 fully saturated rings. The quantitative estimate of drug-likeness (QED) is 0.800. The smallest absolute Gasteiger partial charge is 0.398 e. The van der Waals surface area contributed by atoms with E-state index >= 15 is 0 Å². The fraction of sp³-hybridized carbons (Fsp3) is 0.467. The van der Waals surface area contributed by atoms with Gasteiger partial charge >= 0.3 is 7.12 Å². The number of hydrogen-bond donors (Lipinski definition) is 0. The third kappa shape index (κ3) is 2.63. The average Bonchev–Trinajstić information content (AvgIpc) is 2.96. The lowest BCUT2D eigenvalue weighted by molar-refractivity contribution is 0.00578. The average molecular weight is 302 g/mol. The molecule has 0 bridgehead atoms. The molecule has 0 aromatic carbocycles. The number of hydrogen-bond acceptors (Lipinski definition) is 5. The van der Waals surface area contributed by atoms with Crippen molar-refractivity contribution in [2.45, 2.75) is 45.8 Å². The fourth-order valence-corrected chi connectivity index (χ4v) is 2.83. The largest absolute Gasteiger partial charge is 0.514 e. The zero-order chi connectivity index (χ0) is 15.3. The molecule has 21 heavy (non-hydrogen) atoms. The van der Waals surface area contributed by atoms with Crippen LogP contribution in [-0.4, -0.2) is 28.3 Å². The van der Waals surface area contributed by atoms with E-state index in [4.69, 9.17) is 9.31 Å². The first-order chi connectivity index (χ1) is 9.78. The number of nitrogens with zero attached hydrogens (tertiary/aromatic N) is 2. The minimum atomic E-state index is -0.450. The van der Waals surface area contributed by atoms with Crippen molar-refractivity contribution in [2.75, 3.05) is 0 Å². The second-order valence-electron chi connectivity index (χ2n) is 6.36. The van der Waals surface area contributed by atoms with Crippen molar-refractivity contribution in [1.82, 2.24) is 9.97 Å². The maximum atomic E-state index is 6.07. The molecule has 0 unspecified atom stereocenters. The Kier molecular flexibility index (Phi) is 3.43. The van der Waals surface area contributed by atoms with E-state index in [-0.39, 0.29) is 11.2 Å².